The lowest BCUT2D eigenvalue weighted by atomic mass is 10.2. The van der Waals surface area contributed by atoms with Crippen molar-refractivity contribution in [3.63, 3.8) is 0 Å². The van der Waals surface area contributed by atoms with Crippen LogP contribution in [0.4, 0.5) is 5.69 Å². The summed E-state index contributed by atoms with van der Waals surface area (Å²) in [4.78, 5) is 24.0. The predicted octanol–water partition coefficient (Wildman–Crippen LogP) is 1.23. The number of nitrogens with zero attached hydrogens (tertiary/aromatic N) is 6. The lowest BCUT2D eigenvalue weighted by Crippen LogP contribution is -2.32. The minimum atomic E-state index is -0.611. The number of aryl methyl sites for hydroxylation is 1. The van der Waals surface area contributed by atoms with E-state index in [0.717, 1.165) is 18.3 Å². The molecule has 0 aliphatic rings. The first kappa shape index (κ1) is 15.7. The molecule has 2 rings (SSSR count). The van der Waals surface area contributed by atoms with Gasteiger partial charge < -0.3 is 4.90 Å². The van der Waals surface area contributed by atoms with Gasteiger partial charge in [0.1, 0.15) is 18.4 Å². The second-order valence-corrected chi connectivity index (χ2v) is 5.01. The highest BCUT2D eigenvalue weighted by Crippen LogP contribution is 2.15. The van der Waals surface area contributed by atoms with Crippen molar-refractivity contribution in [2.24, 2.45) is 0 Å². The Morgan fingerprint density at radius 3 is 2.68 bits per heavy atom. The van der Waals surface area contributed by atoms with Gasteiger partial charge in [-0.3, -0.25) is 24.3 Å². The summed E-state index contributed by atoms with van der Waals surface area (Å²) in [6.07, 6.45) is 5.99. The van der Waals surface area contributed by atoms with E-state index in [0.29, 0.717) is 6.54 Å². The molecule has 1 atom stereocenters. The highest BCUT2D eigenvalue weighted by molar-refractivity contribution is 5.79. The smallest absolute Gasteiger partial charge is 0.307 e. The van der Waals surface area contributed by atoms with Gasteiger partial charge in [-0.2, -0.15) is 10.2 Å². The van der Waals surface area contributed by atoms with E-state index in [-0.39, 0.29) is 11.6 Å². The van der Waals surface area contributed by atoms with Crippen LogP contribution >= 0.6 is 0 Å². The van der Waals surface area contributed by atoms with Crippen LogP contribution in [-0.2, 0) is 17.9 Å². The molecule has 1 unspecified atom stereocenters. The third-order valence-electron chi connectivity index (χ3n) is 3.36. The van der Waals surface area contributed by atoms with Crippen molar-refractivity contribution in [1.29, 1.82) is 0 Å². The van der Waals surface area contributed by atoms with Crippen molar-refractivity contribution >= 4 is 11.6 Å². The molecule has 9 nitrogen and oxygen atoms in total. The molecule has 2 aromatic heterocycles. The van der Waals surface area contributed by atoms with Crippen LogP contribution in [-0.4, -0.2) is 42.3 Å². The normalized spacial score (nSPS) is 12.1. The van der Waals surface area contributed by atoms with Gasteiger partial charge in [0.25, 0.3) is 0 Å². The predicted molar refractivity (Wildman–Crippen MR) is 78.0 cm³/mol. The summed E-state index contributed by atoms with van der Waals surface area (Å²) < 4.78 is 3.08. The Balaban J connectivity index is 2.03. The number of amides is 1. The van der Waals surface area contributed by atoms with Crippen LogP contribution in [0.5, 0.6) is 0 Å². The highest BCUT2D eigenvalue weighted by atomic mass is 16.6. The molecule has 0 aliphatic heterocycles. The van der Waals surface area contributed by atoms with E-state index in [2.05, 4.69) is 10.2 Å². The fourth-order valence-corrected chi connectivity index (χ4v) is 2.08. The maximum absolute atomic E-state index is 12.4. The molecule has 0 bridgehead atoms. The second kappa shape index (κ2) is 6.37. The number of aromatic nitrogens is 4. The van der Waals surface area contributed by atoms with E-state index < -0.39 is 11.0 Å². The third-order valence-corrected chi connectivity index (χ3v) is 3.36. The van der Waals surface area contributed by atoms with Crippen molar-refractivity contribution in [2.45, 2.75) is 33.0 Å². The summed E-state index contributed by atoms with van der Waals surface area (Å²) in [6, 6.07) is -0.611. The number of rotatable bonds is 6. The van der Waals surface area contributed by atoms with Crippen LogP contribution in [0, 0.1) is 10.1 Å². The topological polar surface area (TPSA) is 99.1 Å². The summed E-state index contributed by atoms with van der Waals surface area (Å²) in [7, 11) is 1.68. The third kappa shape index (κ3) is 3.30. The molecule has 0 aromatic carbocycles. The van der Waals surface area contributed by atoms with E-state index in [1.807, 2.05) is 13.1 Å². The van der Waals surface area contributed by atoms with E-state index >= 15 is 0 Å². The minimum absolute atomic E-state index is 0.133. The SMILES string of the molecule is CCn1cc(CN(C)C(=O)C(C)n2cc([N+](=O)[O-])cn2)cn1. The molecule has 1 amide bonds. The lowest BCUT2D eigenvalue weighted by molar-refractivity contribution is -0.385. The summed E-state index contributed by atoms with van der Waals surface area (Å²) in [5.74, 6) is -0.178. The monoisotopic (exact) mass is 306 g/mol. The van der Waals surface area contributed by atoms with Gasteiger partial charge in [0.2, 0.25) is 5.91 Å². The Hall–Kier alpha value is -2.71. The standard InChI is InChI=1S/C13H18N6O3/c1-4-17-8-11(5-14-17)7-16(3)13(20)10(2)18-9-12(6-15-18)19(21)22/h5-6,8-10H,4,7H2,1-3H3. The first-order valence-electron chi connectivity index (χ1n) is 6.87. The van der Waals surface area contributed by atoms with Crippen molar-refractivity contribution < 1.29 is 9.72 Å². The highest BCUT2D eigenvalue weighted by Gasteiger charge is 2.22. The van der Waals surface area contributed by atoms with Gasteiger partial charge in [-0.15, -0.1) is 0 Å². The molecule has 2 aromatic rings. The molecule has 0 fully saturated rings. The van der Waals surface area contributed by atoms with Crippen LogP contribution in [0.2, 0.25) is 0 Å². The van der Waals surface area contributed by atoms with Crippen LogP contribution in [0.15, 0.2) is 24.8 Å². The van der Waals surface area contributed by atoms with E-state index in [4.69, 9.17) is 0 Å². The van der Waals surface area contributed by atoms with Gasteiger partial charge in [0.15, 0.2) is 0 Å². The summed E-state index contributed by atoms with van der Waals surface area (Å²) in [5, 5.41) is 18.7. The average molecular weight is 306 g/mol. The van der Waals surface area contributed by atoms with Crippen LogP contribution in [0.25, 0.3) is 0 Å². The number of hydrogen-bond acceptors (Lipinski definition) is 5. The Morgan fingerprint density at radius 2 is 2.14 bits per heavy atom. The van der Waals surface area contributed by atoms with E-state index in [1.54, 1.807) is 29.7 Å². The Morgan fingerprint density at radius 1 is 1.41 bits per heavy atom. The summed E-state index contributed by atoms with van der Waals surface area (Å²) in [6.45, 7) is 4.83. The van der Waals surface area contributed by atoms with Crippen LogP contribution < -0.4 is 0 Å². The minimum Gasteiger partial charge on any atom is -0.339 e. The second-order valence-electron chi connectivity index (χ2n) is 5.01. The number of carbonyl (C=O) groups excluding carboxylic acids is 1. The molecule has 0 N–H and O–H groups in total. The van der Waals surface area contributed by atoms with Gasteiger partial charge in [-0.1, -0.05) is 0 Å². The first-order chi connectivity index (χ1) is 10.4. The summed E-state index contributed by atoms with van der Waals surface area (Å²) in [5.41, 5.74) is 0.794. The maximum Gasteiger partial charge on any atom is 0.307 e. The van der Waals surface area contributed by atoms with Gasteiger partial charge in [0, 0.05) is 31.9 Å². The van der Waals surface area contributed by atoms with E-state index in [1.165, 1.54) is 10.9 Å². The zero-order valence-corrected chi connectivity index (χ0v) is 12.7. The number of likely N-dealkylation sites (N-methyl/N-ethyl adjacent to an activating group) is 1. The van der Waals surface area contributed by atoms with E-state index in [9.17, 15) is 14.9 Å². The largest absolute Gasteiger partial charge is 0.339 e. The Kier molecular flexibility index (Phi) is 4.54. The molecular formula is C13H18N6O3. The number of carbonyl (C=O) groups is 1. The fourth-order valence-electron chi connectivity index (χ4n) is 2.08. The zero-order valence-electron chi connectivity index (χ0n) is 12.7. The Labute approximate surface area is 127 Å². The first-order valence-corrected chi connectivity index (χ1v) is 6.87. The van der Waals surface area contributed by atoms with Gasteiger partial charge >= 0.3 is 5.69 Å². The molecule has 22 heavy (non-hydrogen) atoms. The molecule has 118 valence electrons. The van der Waals surface area contributed by atoms with Crippen LogP contribution in [0.3, 0.4) is 0 Å². The molecule has 2 heterocycles. The van der Waals surface area contributed by atoms with Crippen molar-refractivity contribution in [3.05, 3.63) is 40.5 Å². The van der Waals surface area contributed by atoms with Crippen molar-refractivity contribution in [2.75, 3.05) is 7.05 Å². The molecule has 0 radical (unpaired) electrons. The van der Waals surface area contributed by atoms with Gasteiger partial charge in [0.05, 0.1) is 11.1 Å². The molecule has 0 saturated carbocycles. The number of nitro groups is 1. The molecule has 0 aliphatic carbocycles. The van der Waals surface area contributed by atoms with Gasteiger partial charge in [-0.05, 0) is 13.8 Å². The quantitative estimate of drug-likeness (QED) is 0.590. The van der Waals surface area contributed by atoms with Crippen molar-refractivity contribution in [1.82, 2.24) is 24.5 Å². The molecule has 9 heteroatoms. The fraction of sp³-hybridized carbons (Fsp3) is 0.462. The molecule has 0 spiro atoms. The maximum atomic E-state index is 12.4. The Bertz CT molecular complexity index is 677. The number of hydrogen-bond donors (Lipinski definition) is 0. The molecular weight excluding hydrogens is 288 g/mol. The average Bonchev–Trinajstić information content (AvgIpc) is 3.14. The zero-order chi connectivity index (χ0) is 16.3. The van der Waals surface area contributed by atoms with Crippen molar-refractivity contribution in [3.8, 4) is 0 Å². The summed E-state index contributed by atoms with van der Waals surface area (Å²) >= 11 is 0. The molecule has 0 saturated heterocycles. The van der Waals surface area contributed by atoms with Crippen LogP contribution in [0.1, 0.15) is 25.5 Å². The lowest BCUT2D eigenvalue weighted by Gasteiger charge is -2.20. The van der Waals surface area contributed by atoms with Gasteiger partial charge in [-0.25, -0.2) is 0 Å².